The van der Waals surface area contributed by atoms with E-state index in [4.69, 9.17) is 10.8 Å². The van der Waals surface area contributed by atoms with E-state index in [0.717, 1.165) is 12.1 Å². The Morgan fingerprint density at radius 1 is 1.36 bits per heavy atom. The van der Waals surface area contributed by atoms with Crippen LogP contribution in [0.15, 0.2) is 21.5 Å². The van der Waals surface area contributed by atoms with E-state index in [0.29, 0.717) is 0 Å². The van der Waals surface area contributed by atoms with Crippen molar-refractivity contribution in [2.24, 2.45) is 0 Å². The first-order chi connectivity index (χ1) is 6.29. The Morgan fingerprint density at radius 3 is 2.36 bits per heavy atom. The van der Waals surface area contributed by atoms with Gasteiger partial charge in [0.25, 0.3) is 0 Å². The van der Waals surface area contributed by atoms with Crippen molar-refractivity contribution in [3.63, 3.8) is 0 Å². The highest BCUT2D eigenvalue weighted by Crippen LogP contribution is 2.41. The standard InChI is InChI=1S/C7H5BrF3NOS/c8-4-1-3(14-7(9,10)11)2-5(12)6(4)13/h1-2,13H,12H2. The number of phenolic OH excluding ortho intramolecular Hbond substituents is 1. The first-order valence-electron chi connectivity index (χ1n) is 3.33. The first kappa shape index (κ1) is 11.5. The molecule has 0 bridgehead atoms. The molecule has 0 heterocycles. The number of hydrogen-bond donors (Lipinski definition) is 2. The van der Waals surface area contributed by atoms with E-state index in [9.17, 15) is 13.2 Å². The number of anilines is 1. The molecule has 0 aliphatic rings. The zero-order chi connectivity index (χ0) is 10.9. The molecule has 1 aromatic carbocycles. The minimum Gasteiger partial charge on any atom is -0.505 e. The summed E-state index contributed by atoms with van der Waals surface area (Å²) in [5.41, 5.74) is 0.830. The quantitative estimate of drug-likeness (QED) is 0.473. The normalized spacial score (nSPS) is 11.7. The largest absolute Gasteiger partial charge is 0.505 e. The second-order valence-electron chi connectivity index (χ2n) is 2.39. The Balaban J connectivity index is 3.02. The topological polar surface area (TPSA) is 46.2 Å². The number of benzene rings is 1. The Hall–Kier alpha value is -0.560. The summed E-state index contributed by atoms with van der Waals surface area (Å²) in [7, 11) is 0. The van der Waals surface area contributed by atoms with Crippen molar-refractivity contribution in [1.29, 1.82) is 0 Å². The number of hydrogen-bond acceptors (Lipinski definition) is 3. The number of thioether (sulfide) groups is 1. The van der Waals surface area contributed by atoms with E-state index in [2.05, 4.69) is 15.9 Å². The summed E-state index contributed by atoms with van der Waals surface area (Å²) in [5, 5.41) is 9.17. The zero-order valence-electron chi connectivity index (χ0n) is 6.60. The number of nitrogens with two attached hydrogens (primary N) is 1. The Labute approximate surface area is 90.4 Å². The fourth-order valence-electron chi connectivity index (χ4n) is 0.787. The van der Waals surface area contributed by atoms with Crippen LogP contribution in [-0.4, -0.2) is 10.6 Å². The molecular weight excluding hydrogens is 283 g/mol. The summed E-state index contributed by atoms with van der Waals surface area (Å²) >= 11 is 2.61. The van der Waals surface area contributed by atoms with Gasteiger partial charge in [0.15, 0.2) is 5.75 Å². The van der Waals surface area contributed by atoms with Crippen molar-refractivity contribution in [1.82, 2.24) is 0 Å². The average molecular weight is 288 g/mol. The zero-order valence-corrected chi connectivity index (χ0v) is 9.00. The van der Waals surface area contributed by atoms with Gasteiger partial charge in [0.2, 0.25) is 0 Å². The fraction of sp³-hybridized carbons (Fsp3) is 0.143. The molecule has 2 nitrogen and oxygen atoms in total. The van der Waals surface area contributed by atoms with Gasteiger partial charge in [-0.25, -0.2) is 0 Å². The average Bonchev–Trinajstić information content (AvgIpc) is 1.96. The summed E-state index contributed by atoms with van der Waals surface area (Å²) in [5.74, 6) is -0.253. The second-order valence-corrected chi connectivity index (χ2v) is 4.38. The lowest BCUT2D eigenvalue weighted by Crippen LogP contribution is -1.99. The van der Waals surface area contributed by atoms with Crippen molar-refractivity contribution in [2.45, 2.75) is 10.4 Å². The fourth-order valence-corrected chi connectivity index (χ4v) is 2.04. The molecular formula is C7H5BrF3NOS. The van der Waals surface area contributed by atoms with E-state index < -0.39 is 5.51 Å². The molecule has 0 amide bonds. The van der Waals surface area contributed by atoms with Gasteiger partial charge in [-0.2, -0.15) is 13.2 Å². The lowest BCUT2D eigenvalue weighted by Gasteiger charge is -2.08. The van der Waals surface area contributed by atoms with E-state index in [-0.39, 0.29) is 32.6 Å². The van der Waals surface area contributed by atoms with Crippen LogP contribution in [0, 0.1) is 0 Å². The molecule has 0 saturated carbocycles. The van der Waals surface area contributed by atoms with Gasteiger partial charge in [0.05, 0.1) is 10.2 Å². The van der Waals surface area contributed by atoms with Gasteiger partial charge in [-0.3, -0.25) is 0 Å². The van der Waals surface area contributed by atoms with Crippen LogP contribution < -0.4 is 5.73 Å². The molecule has 0 atom stereocenters. The molecule has 3 N–H and O–H groups in total. The van der Waals surface area contributed by atoms with Gasteiger partial charge in [0.1, 0.15) is 0 Å². The second kappa shape index (κ2) is 3.90. The molecule has 0 aliphatic carbocycles. The minimum absolute atomic E-state index is 0.0697. The van der Waals surface area contributed by atoms with Gasteiger partial charge in [0, 0.05) is 4.90 Å². The molecule has 0 spiro atoms. The summed E-state index contributed by atoms with van der Waals surface area (Å²) in [6.07, 6.45) is 0. The third-order valence-electron chi connectivity index (χ3n) is 1.30. The number of alkyl halides is 3. The summed E-state index contributed by atoms with van der Waals surface area (Å²) in [6.45, 7) is 0. The predicted octanol–water partition coefficient (Wildman–Crippen LogP) is 3.35. The highest BCUT2D eigenvalue weighted by Gasteiger charge is 2.29. The Bertz CT molecular complexity index is 332. The van der Waals surface area contributed by atoms with E-state index in [1.807, 2.05) is 0 Å². The summed E-state index contributed by atoms with van der Waals surface area (Å²) in [4.78, 5) is -0.0697. The SMILES string of the molecule is Nc1cc(SC(F)(F)F)cc(Br)c1O. The number of rotatable bonds is 1. The van der Waals surface area contributed by atoms with E-state index in [1.165, 1.54) is 0 Å². The highest BCUT2D eigenvalue weighted by molar-refractivity contribution is 9.10. The Kier molecular flexibility index (Phi) is 3.20. The maximum absolute atomic E-state index is 11.9. The molecule has 0 saturated heterocycles. The van der Waals surface area contributed by atoms with Crippen molar-refractivity contribution in [3.8, 4) is 5.75 Å². The van der Waals surface area contributed by atoms with E-state index >= 15 is 0 Å². The minimum atomic E-state index is -4.36. The number of halogens is 4. The monoisotopic (exact) mass is 287 g/mol. The first-order valence-corrected chi connectivity index (χ1v) is 4.94. The third-order valence-corrected chi connectivity index (χ3v) is 2.61. The molecule has 1 aromatic rings. The van der Waals surface area contributed by atoms with Crippen LogP contribution in [0.1, 0.15) is 0 Å². The van der Waals surface area contributed by atoms with Gasteiger partial charge >= 0.3 is 5.51 Å². The van der Waals surface area contributed by atoms with Crippen LogP contribution in [0.5, 0.6) is 5.75 Å². The maximum atomic E-state index is 11.9. The van der Waals surface area contributed by atoms with E-state index in [1.54, 1.807) is 0 Å². The molecule has 7 heteroatoms. The number of phenols is 1. The van der Waals surface area contributed by atoms with Crippen molar-refractivity contribution < 1.29 is 18.3 Å². The summed E-state index contributed by atoms with van der Waals surface area (Å²) < 4.78 is 36.0. The van der Waals surface area contributed by atoms with Crippen LogP contribution in [-0.2, 0) is 0 Å². The predicted molar refractivity (Wildman–Crippen MR) is 52.1 cm³/mol. The molecule has 78 valence electrons. The molecule has 0 fully saturated rings. The number of nitrogen functional groups attached to an aromatic ring is 1. The molecule has 1 rings (SSSR count). The van der Waals surface area contributed by atoms with Crippen molar-refractivity contribution >= 4 is 33.4 Å². The van der Waals surface area contributed by atoms with Gasteiger partial charge in [-0.15, -0.1) is 0 Å². The van der Waals surface area contributed by atoms with Crippen LogP contribution in [0.4, 0.5) is 18.9 Å². The lowest BCUT2D eigenvalue weighted by molar-refractivity contribution is -0.0328. The van der Waals surface area contributed by atoms with Crippen molar-refractivity contribution in [2.75, 3.05) is 5.73 Å². The maximum Gasteiger partial charge on any atom is 0.446 e. The Morgan fingerprint density at radius 2 is 1.93 bits per heavy atom. The molecule has 14 heavy (non-hydrogen) atoms. The smallest absolute Gasteiger partial charge is 0.446 e. The molecule has 0 aromatic heterocycles. The summed E-state index contributed by atoms with van der Waals surface area (Å²) in [6, 6.07) is 2.22. The third kappa shape index (κ3) is 2.98. The van der Waals surface area contributed by atoms with Crippen LogP contribution >= 0.6 is 27.7 Å². The van der Waals surface area contributed by atoms with Crippen LogP contribution in [0.3, 0.4) is 0 Å². The lowest BCUT2D eigenvalue weighted by atomic mass is 10.3. The number of aromatic hydroxyl groups is 1. The molecule has 0 unspecified atom stereocenters. The van der Waals surface area contributed by atoms with Gasteiger partial charge < -0.3 is 10.8 Å². The van der Waals surface area contributed by atoms with Crippen LogP contribution in [0.25, 0.3) is 0 Å². The molecule has 0 aliphatic heterocycles. The van der Waals surface area contributed by atoms with Crippen LogP contribution in [0.2, 0.25) is 0 Å². The molecule has 0 radical (unpaired) electrons. The van der Waals surface area contributed by atoms with Crippen molar-refractivity contribution in [3.05, 3.63) is 16.6 Å². The van der Waals surface area contributed by atoms with Gasteiger partial charge in [-0.1, -0.05) is 0 Å². The van der Waals surface area contributed by atoms with Gasteiger partial charge in [-0.05, 0) is 39.8 Å². The highest BCUT2D eigenvalue weighted by atomic mass is 79.9.